The maximum Gasteiger partial charge on any atom is 0.345 e. The fourth-order valence-corrected chi connectivity index (χ4v) is 5.46. The second kappa shape index (κ2) is 7.78. The number of ether oxygens (including phenoxy) is 1. The molecule has 6 rings (SSSR count). The lowest BCUT2D eigenvalue weighted by atomic mass is 9.69. The topological polar surface area (TPSA) is 112 Å². The van der Waals surface area contributed by atoms with Crippen molar-refractivity contribution in [3.8, 4) is 11.6 Å². The van der Waals surface area contributed by atoms with Gasteiger partial charge in [0.05, 0.1) is 11.1 Å². The number of fused-ring (bicyclic) bond motifs is 8. The van der Waals surface area contributed by atoms with Crippen molar-refractivity contribution in [2.75, 3.05) is 11.4 Å². The second-order valence-corrected chi connectivity index (χ2v) is 8.93. The fraction of sp³-hybridized carbons (Fsp3) is 0.148. The molecule has 190 valence electrons. The number of carbonyl (C=O) groups is 2. The molecule has 1 atom stereocenters. The van der Waals surface area contributed by atoms with Gasteiger partial charge >= 0.3 is 5.63 Å². The predicted octanol–water partition coefficient (Wildman–Crippen LogP) is 3.57. The summed E-state index contributed by atoms with van der Waals surface area (Å²) in [6.45, 7) is 5.98. The lowest BCUT2D eigenvalue weighted by molar-refractivity contribution is -0.120. The van der Waals surface area contributed by atoms with Gasteiger partial charge in [-0.3, -0.25) is 14.4 Å². The van der Waals surface area contributed by atoms with Gasteiger partial charge in [-0.2, -0.15) is 4.98 Å². The number of halogens is 2. The van der Waals surface area contributed by atoms with E-state index in [9.17, 15) is 23.6 Å². The van der Waals surface area contributed by atoms with Crippen molar-refractivity contribution in [3.63, 3.8) is 0 Å². The van der Waals surface area contributed by atoms with Crippen LogP contribution in [-0.2, 0) is 10.2 Å². The summed E-state index contributed by atoms with van der Waals surface area (Å²) in [5.74, 6) is -3.77. The Morgan fingerprint density at radius 2 is 1.92 bits per heavy atom. The smallest absolute Gasteiger partial charge is 0.345 e. The van der Waals surface area contributed by atoms with E-state index in [1.807, 2.05) is 0 Å². The predicted molar refractivity (Wildman–Crippen MR) is 131 cm³/mol. The van der Waals surface area contributed by atoms with Gasteiger partial charge in [0.25, 0.3) is 5.56 Å². The third-order valence-electron chi connectivity index (χ3n) is 6.84. The summed E-state index contributed by atoms with van der Waals surface area (Å²) < 4.78 is 41.8. The molecule has 0 saturated heterocycles. The van der Waals surface area contributed by atoms with Gasteiger partial charge in [0.15, 0.2) is 5.75 Å². The molecule has 0 saturated carbocycles. The van der Waals surface area contributed by atoms with Gasteiger partial charge in [-0.05, 0) is 31.2 Å². The molecule has 11 heteroatoms. The first-order valence-corrected chi connectivity index (χ1v) is 11.4. The zero-order valence-electron chi connectivity index (χ0n) is 20.0. The van der Waals surface area contributed by atoms with Crippen LogP contribution in [0.25, 0.3) is 11.0 Å². The molecule has 9 nitrogen and oxygen atoms in total. The first kappa shape index (κ1) is 23.5. The Balaban J connectivity index is 1.90. The van der Waals surface area contributed by atoms with E-state index in [1.165, 1.54) is 31.2 Å². The van der Waals surface area contributed by atoms with Crippen molar-refractivity contribution >= 4 is 28.5 Å². The van der Waals surface area contributed by atoms with E-state index in [0.717, 1.165) is 34.6 Å². The Kier molecular flexibility index (Phi) is 4.81. The normalized spacial score (nSPS) is 17.3. The number of aryl methyl sites for hydroxylation is 1. The first-order valence-electron chi connectivity index (χ1n) is 11.4. The number of anilines is 1. The number of aromatic nitrogens is 2. The minimum atomic E-state index is -2.32. The van der Waals surface area contributed by atoms with Crippen molar-refractivity contribution in [1.29, 1.82) is 0 Å². The van der Waals surface area contributed by atoms with Gasteiger partial charge in [-0.25, -0.2) is 18.1 Å². The molecule has 2 aliphatic heterocycles. The molecule has 4 heterocycles. The highest BCUT2D eigenvalue weighted by molar-refractivity contribution is 6.15. The molecular weight excluding hydrogens is 500 g/mol. The van der Waals surface area contributed by atoms with Gasteiger partial charge in [-0.15, -0.1) is 6.58 Å². The van der Waals surface area contributed by atoms with Crippen LogP contribution in [-0.4, -0.2) is 27.9 Å². The number of rotatable bonds is 2. The number of amides is 1. The van der Waals surface area contributed by atoms with Crippen molar-refractivity contribution in [3.05, 3.63) is 104 Å². The molecule has 2 aromatic carbocycles. The van der Waals surface area contributed by atoms with E-state index >= 15 is 4.39 Å². The number of hydrogen-bond acceptors (Lipinski definition) is 7. The van der Waals surface area contributed by atoms with Crippen LogP contribution >= 0.6 is 0 Å². The van der Waals surface area contributed by atoms with Crippen LogP contribution in [0.3, 0.4) is 0 Å². The third-order valence-corrected chi connectivity index (χ3v) is 6.84. The van der Waals surface area contributed by atoms with E-state index in [2.05, 4.69) is 11.6 Å². The van der Waals surface area contributed by atoms with Gasteiger partial charge in [0, 0.05) is 19.0 Å². The molecule has 0 bridgehead atoms. The van der Waals surface area contributed by atoms with Gasteiger partial charge < -0.3 is 14.1 Å². The molecule has 1 spiro atoms. The first-order chi connectivity index (χ1) is 18.1. The summed E-state index contributed by atoms with van der Waals surface area (Å²) in [5, 5.41) is -0.00671. The largest absolute Gasteiger partial charge is 0.437 e. The molecular formula is C27H17F2N3O6. The number of nitrogens with zero attached hydrogens (tertiary/aromatic N) is 3. The fourth-order valence-electron chi connectivity index (χ4n) is 5.46. The average Bonchev–Trinajstić information content (AvgIpc) is 3.08. The summed E-state index contributed by atoms with van der Waals surface area (Å²) >= 11 is 0. The summed E-state index contributed by atoms with van der Waals surface area (Å²) in [6, 6.07) is 7.19. The molecule has 0 fully saturated rings. The Morgan fingerprint density at radius 3 is 2.63 bits per heavy atom. The molecule has 2 aliphatic rings. The maximum atomic E-state index is 15.3. The van der Waals surface area contributed by atoms with Crippen LogP contribution in [0.1, 0.15) is 34.2 Å². The highest BCUT2D eigenvalue weighted by Crippen LogP contribution is 2.57. The van der Waals surface area contributed by atoms with E-state index in [0.29, 0.717) is 0 Å². The van der Waals surface area contributed by atoms with Gasteiger partial charge in [0.2, 0.25) is 17.7 Å². The third kappa shape index (κ3) is 2.75. The zero-order chi connectivity index (χ0) is 27.1. The Hall–Kier alpha value is -4.93. The molecule has 0 unspecified atom stereocenters. The number of benzene rings is 2. The maximum absolute atomic E-state index is 15.3. The lowest BCUT2D eigenvalue weighted by Crippen LogP contribution is -2.51. The number of para-hydroxylation sites is 1. The van der Waals surface area contributed by atoms with E-state index < -0.39 is 51.2 Å². The highest BCUT2D eigenvalue weighted by Gasteiger charge is 2.62. The number of carbonyl (C=O) groups excluding carboxylic acids is 2. The lowest BCUT2D eigenvalue weighted by Gasteiger charge is -2.34. The summed E-state index contributed by atoms with van der Waals surface area (Å²) in [5.41, 5.74) is -5.58. The van der Waals surface area contributed by atoms with Crippen molar-refractivity contribution < 1.29 is 27.5 Å². The minimum absolute atomic E-state index is 0.00671. The molecule has 38 heavy (non-hydrogen) atoms. The van der Waals surface area contributed by atoms with Crippen LogP contribution < -0.4 is 20.8 Å². The van der Waals surface area contributed by atoms with Crippen LogP contribution in [0.15, 0.2) is 63.1 Å². The quantitative estimate of drug-likeness (QED) is 0.295. The Labute approximate surface area is 212 Å². The van der Waals surface area contributed by atoms with Gasteiger partial charge in [0.1, 0.15) is 39.6 Å². The summed E-state index contributed by atoms with van der Waals surface area (Å²) in [7, 11) is 0. The zero-order valence-corrected chi connectivity index (χ0v) is 20.0. The van der Waals surface area contributed by atoms with Crippen LogP contribution in [0.4, 0.5) is 14.5 Å². The standard InChI is InChI=1S/C27H17F2N3O6/c1-4-10-31-21-16(6-5-7-17(21)29)27(26(31)36)19-22(15-11-14(28)8-9-18(15)37-25(19)35)38-23-20(27)24(34)32(13(3)33)12(2)30-23/h4-9,11H,1,10H2,2-3H3/t27-/m0/s1. The van der Waals surface area contributed by atoms with E-state index in [4.69, 9.17) is 9.15 Å². The van der Waals surface area contributed by atoms with Gasteiger partial charge in [-0.1, -0.05) is 18.2 Å². The number of hydrogen-bond donors (Lipinski definition) is 0. The van der Waals surface area contributed by atoms with E-state index in [1.54, 1.807) is 0 Å². The van der Waals surface area contributed by atoms with Crippen LogP contribution in [0, 0.1) is 18.6 Å². The minimum Gasteiger partial charge on any atom is -0.437 e. The highest BCUT2D eigenvalue weighted by atomic mass is 19.1. The molecule has 1 amide bonds. The van der Waals surface area contributed by atoms with Crippen molar-refractivity contribution in [2.24, 2.45) is 0 Å². The Bertz CT molecular complexity index is 1890. The van der Waals surface area contributed by atoms with Crippen molar-refractivity contribution in [2.45, 2.75) is 19.3 Å². The van der Waals surface area contributed by atoms with E-state index in [-0.39, 0.29) is 46.2 Å². The summed E-state index contributed by atoms with van der Waals surface area (Å²) in [4.78, 5) is 59.7. The molecule has 0 N–H and O–H groups in total. The summed E-state index contributed by atoms with van der Waals surface area (Å²) in [6.07, 6.45) is 1.35. The molecule has 0 aliphatic carbocycles. The average molecular weight is 517 g/mol. The molecule has 2 aromatic heterocycles. The van der Waals surface area contributed by atoms with Crippen molar-refractivity contribution in [1.82, 2.24) is 9.55 Å². The van der Waals surface area contributed by atoms with Crippen LogP contribution in [0.5, 0.6) is 11.6 Å². The van der Waals surface area contributed by atoms with Crippen LogP contribution in [0.2, 0.25) is 0 Å². The Morgan fingerprint density at radius 1 is 1.16 bits per heavy atom. The second-order valence-electron chi connectivity index (χ2n) is 8.93. The molecule has 0 radical (unpaired) electrons. The molecule has 4 aromatic rings. The monoisotopic (exact) mass is 517 g/mol. The SMILES string of the molecule is C=CCN1C(=O)[C@@]2(c3cccc(F)c31)c1c(c3cc(F)ccc3oc1=O)Oc1nc(C)n(C(C)=O)c(=O)c12.